The molecule has 0 atom stereocenters. The fraction of sp³-hybridized carbons (Fsp3) is 0. The maximum absolute atomic E-state index is 13.6. The van der Waals surface area contributed by atoms with Crippen LogP contribution in [0.4, 0.5) is 4.39 Å². The van der Waals surface area contributed by atoms with E-state index in [0.29, 0.717) is 16.9 Å². The average Bonchev–Trinajstić information content (AvgIpc) is 2.86. The van der Waals surface area contributed by atoms with Crippen molar-refractivity contribution >= 4 is 30.4 Å². The van der Waals surface area contributed by atoms with E-state index in [9.17, 15) is 9.18 Å². The smallest absolute Gasteiger partial charge is 0.255 e. The second kappa shape index (κ2) is 10.5. The molecule has 0 unspecified atom stereocenters. The van der Waals surface area contributed by atoms with Gasteiger partial charge in [0, 0.05) is 27.9 Å². The fourth-order valence-electron chi connectivity index (χ4n) is 3.06. The second-order valence-electron chi connectivity index (χ2n) is 6.91. The van der Waals surface area contributed by atoms with Crippen molar-refractivity contribution in [2.45, 2.75) is 0 Å². The lowest BCUT2D eigenvalue weighted by Crippen LogP contribution is -2.19. The molecular formula is C27H21FNO2P. The highest BCUT2D eigenvalue weighted by Gasteiger charge is 2.19. The van der Waals surface area contributed by atoms with Crippen LogP contribution in [0.25, 0.3) is 5.76 Å². The predicted molar refractivity (Wildman–Crippen MR) is 128 cm³/mol. The van der Waals surface area contributed by atoms with Gasteiger partial charge in [0.05, 0.1) is 0 Å². The highest BCUT2D eigenvalue weighted by Crippen LogP contribution is 2.40. The number of rotatable bonds is 7. The van der Waals surface area contributed by atoms with Crippen LogP contribution in [0.15, 0.2) is 121 Å². The normalized spacial score (nSPS) is 11.2. The number of carbonyl (C=O) groups is 1. The zero-order chi connectivity index (χ0) is 22.2. The lowest BCUT2D eigenvalue weighted by Gasteiger charge is -2.21. The van der Waals surface area contributed by atoms with Crippen molar-refractivity contribution in [2.24, 2.45) is 0 Å². The van der Waals surface area contributed by atoms with Crippen molar-refractivity contribution in [2.75, 3.05) is 0 Å². The molecule has 0 bridgehead atoms. The lowest BCUT2D eigenvalue weighted by atomic mass is 10.2. The summed E-state index contributed by atoms with van der Waals surface area (Å²) in [5, 5.41) is 4.86. The van der Waals surface area contributed by atoms with Crippen LogP contribution in [0.2, 0.25) is 0 Å². The third kappa shape index (κ3) is 5.48. The number of hydrogen-bond acceptors (Lipinski definition) is 2. The number of carbonyl (C=O) groups excluding carboxylic acids is 1. The van der Waals surface area contributed by atoms with E-state index in [0.717, 1.165) is 10.6 Å². The quantitative estimate of drug-likeness (QED) is 0.299. The Bertz CT molecular complexity index is 1140. The summed E-state index contributed by atoms with van der Waals surface area (Å²) in [5.74, 6) is -0.138. The maximum atomic E-state index is 13.6. The van der Waals surface area contributed by atoms with E-state index in [4.69, 9.17) is 4.52 Å². The predicted octanol–water partition coefficient (Wildman–Crippen LogP) is 5.62. The van der Waals surface area contributed by atoms with Gasteiger partial charge in [-0.25, -0.2) is 4.39 Å². The molecule has 0 heterocycles. The molecular weight excluding hydrogens is 420 g/mol. The number of benzene rings is 4. The fourth-order valence-corrected chi connectivity index (χ4v) is 4.81. The molecule has 158 valence electrons. The maximum Gasteiger partial charge on any atom is 0.255 e. The molecule has 0 aliphatic carbocycles. The van der Waals surface area contributed by atoms with Crippen molar-refractivity contribution in [3.05, 3.63) is 138 Å². The Morgan fingerprint density at radius 2 is 1.19 bits per heavy atom. The van der Waals surface area contributed by atoms with Crippen molar-refractivity contribution in [3.63, 3.8) is 0 Å². The molecule has 0 radical (unpaired) electrons. The van der Waals surface area contributed by atoms with Gasteiger partial charge in [-0.15, -0.1) is 0 Å². The van der Waals surface area contributed by atoms with Gasteiger partial charge in [-0.1, -0.05) is 78.9 Å². The highest BCUT2D eigenvalue weighted by atomic mass is 31.1. The molecule has 4 aromatic rings. The van der Waals surface area contributed by atoms with Gasteiger partial charge in [0.15, 0.2) is 8.15 Å². The Morgan fingerprint density at radius 1 is 0.688 bits per heavy atom. The van der Waals surface area contributed by atoms with Crippen molar-refractivity contribution in [3.8, 4) is 0 Å². The summed E-state index contributed by atoms with van der Waals surface area (Å²) in [6.45, 7) is 0. The highest BCUT2D eigenvalue weighted by molar-refractivity contribution is 7.68. The molecule has 1 N–H and O–H groups in total. The molecule has 0 spiro atoms. The van der Waals surface area contributed by atoms with Crippen LogP contribution in [0.1, 0.15) is 15.9 Å². The van der Waals surface area contributed by atoms with Crippen LogP contribution in [-0.2, 0) is 4.52 Å². The van der Waals surface area contributed by atoms with Gasteiger partial charge in [0.25, 0.3) is 5.91 Å². The number of amides is 1. The molecule has 1 amide bonds. The number of nitrogens with one attached hydrogen (secondary N) is 1. The van der Waals surface area contributed by atoms with Gasteiger partial charge in [0.2, 0.25) is 0 Å². The Labute approximate surface area is 188 Å². The third-order valence-electron chi connectivity index (χ3n) is 4.67. The summed E-state index contributed by atoms with van der Waals surface area (Å²) in [6.07, 6.45) is 1.55. The molecule has 32 heavy (non-hydrogen) atoms. The Kier molecular flexibility index (Phi) is 7.06. The first-order chi connectivity index (χ1) is 15.7. The first-order valence-electron chi connectivity index (χ1n) is 10.1. The zero-order valence-electron chi connectivity index (χ0n) is 17.2. The van der Waals surface area contributed by atoms with Gasteiger partial charge in [-0.05, 0) is 36.4 Å². The van der Waals surface area contributed by atoms with Crippen molar-refractivity contribution in [1.82, 2.24) is 5.32 Å². The molecule has 5 heteroatoms. The topological polar surface area (TPSA) is 38.3 Å². The van der Waals surface area contributed by atoms with E-state index >= 15 is 0 Å². The van der Waals surface area contributed by atoms with Crippen LogP contribution in [0.3, 0.4) is 0 Å². The summed E-state index contributed by atoms with van der Waals surface area (Å²) in [6, 6.07) is 34.8. The SMILES string of the molecule is O=C(NC=C(OP(c1ccccc1)c1ccccc1)c1ccc(F)cc1)c1ccccc1. The minimum Gasteiger partial charge on any atom is -0.462 e. The Morgan fingerprint density at radius 3 is 1.72 bits per heavy atom. The summed E-state index contributed by atoms with van der Waals surface area (Å²) < 4.78 is 20.1. The van der Waals surface area contributed by atoms with Gasteiger partial charge < -0.3 is 9.84 Å². The van der Waals surface area contributed by atoms with Crippen LogP contribution < -0.4 is 15.9 Å². The number of halogens is 1. The number of hydrogen-bond donors (Lipinski definition) is 1. The molecule has 4 rings (SSSR count). The van der Waals surface area contributed by atoms with E-state index in [1.54, 1.807) is 42.6 Å². The van der Waals surface area contributed by atoms with Crippen LogP contribution in [0, 0.1) is 5.82 Å². The van der Waals surface area contributed by atoms with Crippen molar-refractivity contribution < 1.29 is 13.7 Å². The minimum absolute atomic E-state index is 0.252. The Hall–Kier alpha value is -3.75. The standard InChI is InChI=1S/C27H21FNO2P/c28-23-18-16-21(17-19-23)26(20-29-27(30)22-10-4-1-5-11-22)31-32(24-12-6-2-7-13-24)25-14-8-3-9-15-25/h1-20H,(H,29,30). The molecule has 0 aliphatic heterocycles. The summed E-state index contributed by atoms with van der Waals surface area (Å²) >= 11 is 0. The van der Waals surface area contributed by atoms with E-state index in [1.807, 2.05) is 66.7 Å². The Balaban J connectivity index is 1.69. The molecule has 4 aromatic carbocycles. The molecule has 3 nitrogen and oxygen atoms in total. The van der Waals surface area contributed by atoms with Crippen LogP contribution in [-0.4, -0.2) is 5.91 Å². The molecule has 0 aromatic heterocycles. The van der Waals surface area contributed by atoms with Crippen LogP contribution >= 0.6 is 8.15 Å². The van der Waals surface area contributed by atoms with Gasteiger partial charge in [-0.3, -0.25) is 4.79 Å². The lowest BCUT2D eigenvalue weighted by molar-refractivity contribution is 0.0969. The van der Waals surface area contributed by atoms with Crippen LogP contribution in [0.5, 0.6) is 0 Å². The van der Waals surface area contributed by atoms with E-state index in [2.05, 4.69) is 5.32 Å². The molecule has 0 aliphatic rings. The van der Waals surface area contributed by atoms with E-state index in [-0.39, 0.29) is 11.7 Å². The largest absolute Gasteiger partial charge is 0.462 e. The van der Waals surface area contributed by atoms with Gasteiger partial charge in [0.1, 0.15) is 11.6 Å². The first-order valence-corrected chi connectivity index (χ1v) is 11.4. The van der Waals surface area contributed by atoms with E-state index in [1.165, 1.54) is 12.1 Å². The molecule has 0 fully saturated rings. The van der Waals surface area contributed by atoms with Gasteiger partial charge >= 0.3 is 0 Å². The first kappa shape index (κ1) is 21.5. The minimum atomic E-state index is -1.22. The van der Waals surface area contributed by atoms with E-state index < -0.39 is 8.15 Å². The summed E-state index contributed by atoms with van der Waals surface area (Å²) in [4.78, 5) is 12.6. The summed E-state index contributed by atoms with van der Waals surface area (Å²) in [5.41, 5.74) is 1.20. The van der Waals surface area contributed by atoms with Crippen molar-refractivity contribution in [1.29, 1.82) is 0 Å². The second-order valence-corrected chi connectivity index (χ2v) is 8.72. The molecule has 0 saturated heterocycles. The third-order valence-corrected chi connectivity index (χ3v) is 6.58. The zero-order valence-corrected chi connectivity index (χ0v) is 18.1. The monoisotopic (exact) mass is 441 g/mol. The van der Waals surface area contributed by atoms with Gasteiger partial charge in [-0.2, -0.15) is 0 Å². The summed E-state index contributed by atoms with van der Waals surface area (Å²) in [7, 11) is -1.22. The molecule has 0 saturated carbocycles. The average molecular weight is 441 g/mol.